The Hall–Kier alpha value is -3.13. The molecule has 1 fully saturated rings. The number of fused-ring (bicyclic) bond motifs is 1. The Morgan fingerprint density at radius 3 is 2.81 bits per heavy atom. The van der Waals surface area contributed by atoms with Crippen LogP contribution in [0, 0.1) is 0 Å². The zero-order valence-electron chi connectivity index (χ0n) is 17.4. The highest BCUT2D eigenvalue weighted by Crippen LogP contribution is 2.26. The first-order valence-corrected chi connectivity index (χ1v) is 11.8. The van der Waals surface area contributed by atoms with Crippen LogP contribution in [0.2, 0.25) is 0 Å². The quantitative estimate of drug-likeness (QED) is 0.785. The van der Waals surface area contributed by atoms with Gasteiger partial charge in [-0.15, -0.1) is 4.40 Å². The van der Waals surface area contributed by atoms with Gasteiger partial charge in [-0.3, -0.25) is 4.79 Å². The molecular formula is C23H25N3O4S. The van der Waals surface area contributed by atoms with Crippen LogP contribution in [0.5, 0.6) is 5.75 Å². The molecule has 8 heteroatoms. The molecule has 0 radical (unpaired) electrons. The van der Waals surface area contributed by atoms with Crippen LogP contribution >= 0.6 is 0 Å². The predicted molar refractivity (Wildman–Crippen MR) is 121 cm³/mol. The molecule has 1 amide bonds. The van der Waals surface area contributed by atoms with Crippen LogP contribution < -0.4 is 10.1 Å². The van der Waals surface area contributed by atoms with Crippen LogP contribution in [0.1, 0.15) is 31.2 Å². The highest BCUT2D eigenvalue weighted by molar-refractivity contribution is 7.90. The maximum absolute atomic E-state index is 12.9. The Balaban J connectivity index is 1.53. The second-order valence-corrected chi connectivity index (χ2v) is 9.30. The lowest BCUT2D eigenvalue weighted by atomic mass is 10.1. The van der Waals surface area contributed by atoms with Gasteiger partial charge in [-0.2, -0.15) is 8.42 Å². The van der Waals surface area contributed by atoms with Crippen molar-refractivity contribution in [1.82, 2.24) is 4.90 Å². The van der Waals surface area contributed by atoms with Crippen LogP contribution in [0.4, 0.5) is 5.69 Å². The molecule has 4 rings (SSSR count). The van der Waals surface area contributed by atoms with E-state index in [1.807, 2.05) is 36.2 Å². The lowest BCUT2D eigenvalue weighted by molar-refractivity contribution is -0.113. The normalized spacial score (nSPS) is 17.9. The third kappa shape index (κ3) is 4.96. The molecule has 2 aliphatic rings. The molecule has 2 aliphatic heterocycles. The number of hydrogen-bond acceptors (Lipinski definition) is 4. The number of carbonyl (C=O) groups is 1. The van der Waals surface area contributed by atoms with Gasteiger partial charge in [0.1, 0.15) is 18.2 Å². The fraction of sp³-hybridized carbons (Fsp3) is 0.304. The van der Waals surface area contributed by atoms with Crippen LogP contribution in [0.15, 0.2) is 63.4 Å². The molecule has 1 N–H and O–H groups in total. The number of benzene rings is 2. The third-order valence-electron chi connectivity index (χ3n) is 5.37. The van der Waals surface area contributed by atoms with Crippen LogP contribution in [0.3, 0.4) is 0 Å². The Labute approximate surface area is 182 Å². The van der Waals surface area contributed by atoms with E-state index in [1.54, 1.807) is 18.2 Å². The molecule has 7 nitrogen and oxygen atoms in total. The van der Waals surface area contributed by atoms with Crippen molar-refractivity contribution in [2.75, 3.05) is 25.5 Å². The summed E-state index contributed by atoms with van der Waals surface area (Å²) in [6.45, 7) is 0.950. The van der Waals surface area contributed by atoms with E-state index in [1.165, 1.54) is 12.1 Å². The van der Waals surface area contributed by atoms with Crippen molar-refractivity contribution in [3.8, 4) is 5.75 Å². The number of anilines is 1. The molecule has 2 heterocycles. The second kappa shape index (κ2) is 8.93. The second-order valence-electron chi connectivity index (χ2n) is 7.69. The highest BCUT2D eigenvalue weighted by atomic mass is 32.2. The molecule has 31 heavy (non-hydrogen) atoms. The zero-order valence-corrected chi connectivity index (χ0v) is 18.2. The molecule has 0 spiro atoms. The largest absolute Gasteiger partial charge is 0.488 e. The van der Waals surface area contributed by atoms with E-state index in [0.29, 0.717) is 23.5 Å². The van der Waals surface area contributed by atoms with E-state index in [0.717, 1.165) is 37.1 Å². The smallest absolute Gasteiger partial charge is 0.284 e. The zero-order chi connectivity index (χ0) is 21.8. The fourth-order valence-corrected chi connectivity index (χ4v) is 4.77. The van der Waals surface area contributed by atoms with Crippen molar-refractivity contribution in [1.29, 1.82) is 0 Å². The summed E-state index contributed by atoms with van der Waals surface area (Å²) in [5, 5.41) is 2.77. The van der Waals surface area contributed by atoms with Crippen molar-refractivity contribution in [2.45, 2.75) is 30.6 Å². The Kier molecular flexibility index (Phi) is 6.08. The number of para-hydroxylation sites is 1. The molecule has 0 aromatic heterocycles. The number of sulfonamides is 1. The van der Waals surface area contributed by atoms with E-state index < -0.39 is 10.0 Å². The van der Waals surface area contributed by atoms with Gasteiger partial charge in [-0.25, -0.2) is 0 Å². The highest BCUT2D eigenvalue weighted by Gasteiger charge is 2.20. The number of nitrogens with zero attached hydrogens (tertiary/aromatic N) is 2. The van der Waals surface area contributed by atoms with Gasteiger partial charge >= 0.3 is 0 Å². The predicted octanol–water partition coefficient (Wildman–Crippen LogP) is 3.69. The van der Waals surface area contributed by atoms with E-state index in [4.69, 9.17) is 4.74 Å². The molecule has 0 saturated carbocycles. The summed E-state index contributed by atoms with van der Waals surface area (Å²) in [6, 6.07) is 13.7. The topological polar surface area (TPSA) is 88.1 Å². The van der Waals surface area contributed by atoms with Crippen molar-refractivity contribution in [3.63, 3.8) is 0 Å². The summed E-state index contributed by atoms with van der Waals surface area (Å²) >= 11 is 0. The standard InChI is InChI=1S/C23H25N3O4S/c1-26-13-6-2-3-12-22(26)25-31(28,29)20-10-7-9-19(15-20)24-23(27)18-14-17-8-4-5-11-21(17)30-16-18/h4-5,7-11,14-15H,2-3,6,12-13,16H2,1H3,(H,24,27)/b25-22+. The van der Waals surface area contributed by atoms with E-state index in [-0.39, 0.29) is 17.4 Å². The van der Waals surface area contributed by atoms with E-state index in [9.17, 15) is 13.2 Å². The van der Waals surface area contributed by atoms with Gasteiger partial charge in [-0.1, -0.05) is 30.7 Å². The number of amidine groups is 1. The summed E-state index contributed by atoms with van der Waals surface area (Å²) in [5.41, 5.74) is 1.69. The average Bonchev–Trinajstić information content (AvgIpc) is 2.97. The number of ether oxygens (including phenoxy) is 1. The monoisotopic (exact) mass is 439 g/mol. The van der Waals surface area contributed by atoms with Gasteiger partial charge in [0.05, 0.1) is 10.5 Å². The minimum Gasteiger partial charge on any atom is -0.488 e. The molecule has 2 aromatic rings. The number of rotatable bonds is 4. The molecule has 2 aromatic carbocycles. The summed E-state index contributed by atoms with van der Waals surface area (Å²) in [5.74, 6) is 0.976. The SMILES string of the molecule is CN1CCCCC/C1=N\S(=O)(=O)c1cccc(NC(=O)C2=Cc3ccccc3OC2)c1. The summed E-state index contributed by atoms with van der Waals surface area (Å²) in [6.07, 6.45) is 5.44. The Morgan fingerprint density at radius 1 is 1.10 bits per heavy atom. The van der Waals surface area contributed by atoms with Crippen molar-refractivity contribution in [2.24, 2.45) is 4.40 Å². The molecule has 0 atom stereocenters. The number of carbonyl (C=O) groups excluding carboxylic acids is 1. The van der Waals surface area contributed by atoms with Gasteiger partial charge in [0, 0.05) is 31.3 Å². The molecule has 0 aliphatic carbocycles. The van der Waals surface area contributed by atoms with Gasteiger partial charge < -0.3 is 15.0 Å². The summed E-state index contributed by atoms with van der Waals surface area (Å²) < 4.78 is 35.5. The molecule has 0 unspecified atom stereocenters. The number of likely N-dealkylation sites (tertiary alicyclic amines) is 1. The van der Waals surface area contributed by atoms with Crippen LogP contribution in [0.25, 0.3) is 6.08 Å². The molecule has 0 bridgehead atoms. The Bertz CT molecular complexity index is 1150. The van der Waals surface area contributed by atoms with E-state index in [2.05, 4.69) is 9.71 Å². The van der Waals surface area contributed by atoms with Gasteiger partial charge in [0.15, 0.2) is 0 Å². The van der Waals surface area contributed by atoms with Gasteiger partial charge in [0.25, 0.3) is 15.9 Å². The average molecular weight is 440 g/mol. The summed E-state index contributed by atoms with van der Waals surface area (Å²) in [4.78, 5) is 14.7. The summed E-state index contributed by atoms with van der Waals surface area (Å²) in [7, 11) is -2.01. The first kappa shape index (κ1) is 21.1. The van der Waals surface area contributed by atoms with Crippen molar-refractivity contribution in [3.05, 3.63) is 59.7 Å². The molecule has 162 valence electrons. The van der Waals surface area contributed by atoms with Crippen LogP contribution in [-0.2, 0) is 14.8 Å². The van der Waals surface area contributed by atoms with Crippen molar-refractivity contribution >= 4 is 33.5 Å². The fourth-order valence-electron chi connectivity index (χ4n) is 3.63. The van der Waals surface area contributed by atoms with E-state index >= 15 is 0 Å². The Morgan fingerprint density at radius 2 is 1.94 bits per heavy atom. The lowest BCUT2D eigenvalue weighted by Crippen LogP contribution is -2.27. The minimum atomic E-state index is -3.88. The maximum Gasteiger partial charge on any atom is 0.284 e. The molecular weight excluding hydrogens is 414 g/mol. The van der Waals surface area contributed by atoms with Gasteiger partial charge in [-0.05, 0) is 43.2 Å². The maximum atomic E-state index is 12.9. The third-order valence-corrected chi connectivity index (χ3v) is 6.67. The van der Waals surface area contributed by atoms with Crippen LogP contribution in [-0.4, -0.2) is 45.3 Å². The number of nitrogens with one attached hydrogen (secondary N) is 1. The molecule has 1 saturated heterocycles. The first-order chi connectivity index (χ1) is 14.9. The number of amides is 1. The number of hydrogen-bond donors (Lipinski definition) is 1. The lowest BCUT2D eigenvalue weighted by Gasteiger charge is -2.18. The minimum absolute atomic E-state index is 0.0506. The van der Waals surface area contributed by atoms with Gasteiger partial charge in [0.2, 0.25) is 0 Å². The first-order valence-electron chi connectivity index (χ1n) is 10.3. The van der Waals surface area contributed by atoms with Crippen molar-refractivity contribution < 1.29 is 17.9 Å².